The van der Waals surface area contributed by atoms with Crippen molar-refractivity contribution in [1.82, 2.24) is 5.32 Å². The van der Waals surface area contributed by atoms with E-state index in [1.807, 2.05) is 42.5 Å². The first-order valence-corrected chi connectivity index (χ1v) is 9.14. The Morgan fingerprint density at radius 1 is 1.15 bits per heavy atom. The van der Waals surface area contributed by atoms with Crippen molar-refractivity contribution in [3.63, 3.8) is 0 Å². The Labute approximate surface area is 159 Å². The summed E-state index contributed by atoms with van der Waals surface area (Å²) in [5.41, 5.74) is 3.35. The minimum absolute atomic E-state index is 0.163. The number of aryl methyl sites for hydroxylation is 1. The van der Waals surface area contributed by atoms with Crippen molar-refractivity contribution >= 4 is 16.9 Å². The van der Waals surface area contributed by atoms with Crippen molar-refractivity contribution < 1.29 is 18.7 Å². The number of ether oxygens (including phenoxy) is 2. The summed E-state index contributed by atoms with van der Waals surface area (Å²) < 4.78 is 16.6. The summed E-state index contributed by atoms with van der Waals surface area (Å²) in [6, 6.07) is 13.4. The van der Waals surface area contributed by atoms with E-state index < -0.39 is 0 Å². The number of nitrogens with one attached hydrogen (secondary N) is 1. The van der Waals surface area contributed by atoms with Crippen LogP contribution in [0.5, 0.6) is 5.75 Å². The average molecular weight is 367 g/mol. The normalized spacial score (nSPS) is 10.9. The number of methoxy groups -OCH3 is 1. The summed E-state index contributed by atoms with van der Waals surface area (Å²) in [6.07, 6.45) is 0.981. The molecule has 1 aromatic heterocycles. The van der Waals surface area contributed by atoms with Gasteiger partial charge in [-0.1, -0.05) is 31.2 Å². The van der Waals surface area contributed by atoms with Crippen LogP contribution in [0.25, 0.3) is 11.0 Å². The highest BCUT2D eigenvalue weighted by molar-refractivity contribution is 6.07. The topological polar surface area (TPSA) is 60.7 Å². The summed E-state index contributed by atoms with van der Waals surface area (Å²) in [6.45, 7) is 5.58. The Bertz CT molecular complexity index is 929. The molecule has 2 aromatic carbocycles. The second kappa shape index (κ2) is 8.73. The quantitative estimate of drug-likeness (QED) is 0.591. The van der Waals surface area contributed by atoms with Crippen LogP contribution < -0.4 is 10.1 Å². The second-order valence-electron chi connectivity index (χ2n) is 6.40. The van der Waals surface area contributed by atoms with Gasteiger partial charge in [-0.25, -0.2) is 0 Å². The first-order valence-electron chi connectivity index (χ1n) is 9.14. The SMILES string of the molecule is CCCOCc1ccccc1CNC(=O)c1c(C)oc2ccc(OC)cc12. The summed E-state index contributed by atoms with van der Waals surface area (Å²) in [5, 5.41) is 3.76. The van der Waals surface area contributed by atoms with Crippen molar-refractivity contribution in [2.45, 2.75) is 33.4 Å². The average Bonchev–Trinajstić information content (AvgIpc) is 3.02. The molecule has 0 spiro atoms. The lowest BCUT2D eigenvalue weighted by molar-refractivity contribution is 0.0949. The number of benzene rings is 2. The minimum Gasteiger partial charge on any atom is -0.497 e. The van der Waals surface area contributed by atoms with Gasteiger partial charge >= 0.3 is 0 Å². The molecule has 3 aromatic rings. The highest BCUT2D eigenvalue weighted by Gasteiger charge is 2.19. The van der Waals surface area contributed by atoms with E-state index in [2.05, 4.69) is 12.2 Å². The van der Waals surface area contributed by atoms with Gasteiger partial charge in [0.05, 0.1) is 19.3 Å². The summed E-state index contributed by atoms with van der Waals surface area (Å²) in [5.74, 6) is 1.12. The Kier molecular flexibility index (Phi) is 6.14. The molecule has 0 aliphatic rings. The number of amides is 1. The third-order valence-electron chi connectivity index (χ3n) is 4.46. The molecule has 0 aliphatic carbocycles. The molecule has 5 heteroatoms. The molecule has 3 rings (SSSR count). The minimum atomic E-state index is -0.163. The maximum atomic E-state index is 12.8. The Hall–Kier alpha value is -2.79. The van der Waals surface area contributed by atoms with E-state index in [1.165, 1.54) is 0 Å². The molecule has 142 valence electrons. The Morgan fingerprint density at radius 2 is 1.93 bits per heavy atom. The molecular formula is C22H25NO4. The van der Waals surface area contributed by atoms with Gasteiger partial charge in [0.15, 0.2) is 0 Å². The fraction of sp³-hybridized carbons (Fsp3) is 0.318. The third kappa shape index (κ3) is 4.31. The summed E-state index contributed by atoms with van der Waals surface area (Å²) in [7, 11) is 1.60. The Balaban J connectivity index is 1.77. The van der Waals surface area contributed by atoms with Crippen LogP contribution in [-0.4, -0.2) is 19.6 Å². The van der Waals surface area contributed by atoms with Crippen LogP contribution in [0.4, 0.5) is 0 Å². The fourth-order valence-electron chi connectivity index (χ4n) is 3.07. The van der Waals surface area contributed by atoms with Gasteiger partial charge in [-0.2, -0.15) is 0 Å². The first-order chi connectivity index (χ1) is 13.1. The van der Waals surface area contributed by atoms with Crippen LogP contribution in [0.1, 0.15) is 40.6 Å². The number of fused-ring (bicyclic) bond motifs is 1. The predicted octanol–water partition coefficient (Wildman–Crippen LogP) is 4.61. The highest BCUT2D eigenvalue weighted by Crippen LogP contribution is 2.29. The molecule has 27 heavy (non-hydrogen) atoms. The predicted molar refractivity (Wildman–Crippen MR) is 105 cm³/mol. The van der Waals surface area contributed by atoms with Gasteiger partial charge < -0.3 is 19.2 Å². The van der Waals surface area contributed by atoms with E-state index >= 15 is 0 Å². The molecule has 1 heterocycles. The number of hydrogen-bond donors (Lipinski definition) is 1. The van der Waals surface area contributed by atoms with E-state index in [0.717, 1.165) is 29.5 Å². The van der Waals surface area contributed by atoms with E-state index in [1.54, 1.807) is 14.0 Å². The zero-order chi connectivity index (χ0) is 19.2. The Morgan fingerprint density at radius 3 is 2.67 bits per heavy atom. The van der Waals surface area contributed by atoms with Crippen LogP contribution in [0.2, 0.25) is 0 Å². The molecule has 0 saturated carbocycles. The number of carbonyl (C=O) groups is 1. The molecule has 1 amide bonds. The van der Waals surface area contributed by atoms with Crippen LogP contribution in [0.15, 0.2) is 46.9 Å². The maximum absolute atomic E-state index is 12.8. The molecule has 0 radical (unpaired) electrons. The van der Waals surface area contributed by atoms with E-state index in [9.17, 15) is 4.79 Å². The van der Waals surface area contributed by atoms with Gasteiger partial charge in [0.25, 0.3) is 5.91 Å². The number of carbonyl (C=O) groups excluding carboxylic acids is 1. The summed E-state index contributed by atoms with van der Waals surface area (Å²) in [4.78, 5) is 12.8. The van der Waals surface area contributed by atoms with Gasteiger partial charge in [-0.05, 0) is 42.7 Å². The molecule has 1 N–H and O–H groups in total. The largest absolute Gasteiger partial charge is 0.497 e. The van der Waals surface area contributed by atoms with E-state index in [0.29, 0.717) is 35.8 Å². The highest BCUT2D eigenvalue weighted by atomic mass is 16.5. The van der Waals surface area contributed by atoms with Crippen molar-refractivity contribution in [3.8, 4) is 5.75 Å². The standard InChI is InChI=1S/C22H25NO4/c1-4-11-26-14-17-8-6-5-7-16(17)13-23-22(24)21-15(2)27-20-10-9-18(25-3)12-19(20)21/h5-10,12H,4,11,13-14H2,1-3H3,(H,23,24). The summed E-state index contributed by atoms with van der Waals surface area (Å²) >= 11 is 0. The van der Waals surface area contributed by atoms with Crippen LogP contribution in [-0.2, 0) is 17.9 Å². The van der Waals surface area contributed by atoms with Gasteiger partial charge in [0.2, 0.25) is 0 Å². The zero-order valence-corrected chi connectivity index (χ0v) is 16.0. The van der Waals surface area contributed by atoms with Crippen molar-refractivity contribution in [2.75, 3.05) is 13.7 Å². The number of rotatable bonds is 8. The van der Waals surface area contributed by atoms with Crippen molar-refractivity contribution in [1.29, 1.82) is 0 Å². The molecule has 0 fully saturated rings. The van der Waals surface area contributed by atoms with Crippen molar-refractivity contribution in [2.24, 2.45) is 0 Å². The molecule has 0 aliphatic heterocycles. The molecule has 0 saturated heterocycles. The maximum Gasteiger partial charge on any atom is 0.255 e. The van der Waals surface area contributed by atoms with Gasteiger partial charge in [-0.15, -0.1) is 0 Å². The van der Waals surface area contributed by atoms with E-state index in [4.69, 9.17) is 13.9 Å². The molecular weight excluding hydrogens is 342 g/mol. The van der Waals surface area contributed by atoms with Crippen LogP contribution >= 0.6 is 0 Å². The monoisotopic (exact) mass is 367 g/mol. The smallest absolute Gasteiger partial charge is 0.255 e. The number of furan rings is 1. The van der Waals surface area contributed by atoms with Gasteiger partial charge in [0.1, 0.15) is 17.1 Å². The lowest BCUT2D eigenvalue weighted by Crippen LogP contribution is -2.24. The number of hydrogen-bond acceptors (Lipinski definition) is 4. The fourth-order valence-corrected chi connectivity index (χ4v) is 3.07. The molecule has 0 bridgehead atoms. The van der Waals surface area contributed by atoms with Gasteiger partial charge in [-0.3, -0.25) is 4.79 Å². The lowest BCUT2D eigenvalue weighted by Gasteiger charge is -2.11. The lowest BCUT2D eigenvalue weighted by atomic mass is 10.1. The van der Waals surface area contributed by atoms with Gasteiger partial charge in [0, 0.05) is 18.5 Å². The van der Waals surface area contributed by atoms with E-state index in [-0.39, 0.29) is 5.91 Å². The second-order valence-corrected chi connectivity index (χ2v) is 6.40. The third-order valence-corrected chi connectivity index (χ3v) is 4.46. The van der Waals surface area contributed by atoms with Crippen LogP contribution in [0, 0.1) is 6.92 Å². The molecule has 5 nitrogen and oxygen atoms in total. The van der Waals surface area contributed by atoms with Crippen molar-refractivity contribution in [3.05, 3.63) is 64.9 Å². The van der Waals surface area contributed by atoms with Crippen LogP contribution in [0.3, 0.4) is 0 Å². The molecule has 0 unspecified atom stereocenters. The molecule has 0 atom stereocenters. The zero-order valence-electron chi connectivity index (χ0n) is 16.0. The first kappa shape index (κ1) is 19.0.